The van der Waals surface area contributed by atoms with Crippen LogP contribution >= 0.6 is 0 Å². The van der Waals surface area contributed by atoms with E-state index in [0.717, 1.165) is 18.5 Å². The summed E-state index contributed by atoms with van der Waals surface area (Å²) < 4.78 is 8.11. The Balaban J connectivity index is 1.61. The molecule has 2 aromatic carbocycles. The highest BCUT2D eigenvalue weighted by molar-refractivity contribution is 6.05. The second-order valence-electron chi connectivity index (χ2n) is 12.0. The van der Waals surface area contributed by atoms with Gasteiger partial charge in [-0.05, 0) is 71.0 Å². The maximum absolute atomic E-state index is 5.59. The molecular formula is C34H37N2O+. The van der Waals surface area contributed by atoms with Gasteiger partial charge < -0.3 is 4.74 Å². The quantitative estimate of drug-likeness (QED) is 0.210. The fourth-order valence-electron chi connectivity index (χ4n) is 7.92. The molecule has 188 valence electrons. The van der Waals surface area contributed by atoms with Gasteiger partial charge in [-0.15, -0.1) is 0 Å². The summed E-state index contributed by atoms with van der Waals surface area (Å²) in [5.74, 6) is 0.978. The van der Waals surface area contributed by atoms with Gasteiger partial charge in [0.05, 0.1) is 22.4 Å². The number of benzene rings is 2. The van der Waals surface area contributed by atoms with Crippen molar-refractivity contribution in [2.45, 2.75) is 75.7 Å². The Kier molecular flexibility index (Phi) is 5.30. The maximum atomic E-state index is 5.59. The van der Waals surface area contributed by atoms with Gasteiger partial charge in [0, 0.05) is 36.8 Å². The Morgan fingerprint density at radius 2 is 1.97 bits per heavy atom. The summed E-state index contributed by atoms with van der Waals surface area (Å²) in [6.07, 6.45) is 14.1. The number of ether oxygens (including phenoxy) is 1. The largest absolute Gasteiger partial charge is 0.385 e. The standard InChI is InChI=1S/C34H37N2O/c1-5-29-24(14-17-37-4)26-20-28-25(12-9-15-35-28)32-31(26)33-30-22(13-16-36(29)33)18-23(19-27(30)34(32,2)3)21-10-7-6-8-11-21/h5,9,12-13,15-16,18-21,24,29H,1,6-8,10-11,14,17H2,2-4H3/q+1. The van der Waals surface area contributed by atoms with Crippen LogP contribution in [0.4, 0.5) is 0 Å². The molecule has 4 aromatic rings. The molecule has 0 amide bonds. The number of pyridine rings is 2. The van der Waals surface area contributed by atoms with E-state index in [1.165, 1.54) is 81.8 Å². The van der Waals surface area contributed by atoms with Crippen LogP contribution in [0.15, 0.2) is 61.4 Å². The van der Waals surface area contributed by atoms with Crippen molar-refractivity contribution in [1.29, 1.82) is 0 Å². The lowest BCUT2D eigenvalue weighted by Crippen LogP contribution is -2.48. The average molecular weight is 490 g/mol. The molecule has 1 saturated carbocycles. The summed E-state index contributed by atoms with van der Waals surface area (Å²) in [6.45, 7) is 9.94. The third-order valence-corrected chi connectivity index (χ3v) is 9.66. The number of allylic oxidation sites excluding steroid dienone is 1. The van der Waals surface area contributed by atoms with Crippen molar-refractivity contribution in [3.63, 3.8) is 0 Å². The van der Waals surface area contributed by atoms with Crippen LogP contribution in [-0.4, -0.2) is 18.7 Å². The summed E-state index contributed by atoms with van der Waals surface area (Å²) >= 11 is 0. The Labute approximate surface area is 220 Å². The summed E-state index contributed by atoms with van der Waals surface area (Å²) in [5.41, 5.74) is 9.62. The summed E-state index contributed by atoms with van der Waals surface area (Å²) in [7, 11) is 1.80. The van der Waals surface area contributed by atoms with Gasteiger partial charge in [-0.3, -0.25) is 4.98 Å². The third kappa shape index (κ3) is 3.23. The summed E-state index contributed by atoms with van der Waals surface area (Å²) in [4.78, 5) is 4.88. The van der Waals surface area contributed by atoms with Gasteiger partial charge in [-0.25, -0.2) is 0 Å². The van der Waals surface area contributed by atoms with Gasteiger partial charge in [-0.1, -0.05) is 57.9 Å². The SMILES string of the molecule is C=CC1C(CCOC)c2cc3ncccc3c3c2-c2c4c(cc(C5CCCCC5)cc4cc[n+]21)C3(C)C. The van der Waals surface area contributed by atoms with Crippen LogP contribution in [0.5, 0.6) is 0 Å². The molecule has 0 N–H and O–H groups in total. The average Bonchev–Trinajstić information content (AvgIpc) is 2.93. The van der Waals surface area contributed by atoms with Gasteiger partial charge in [0.1, 0.15) is 0 Å². The molecule has 1 aliphatic heterocycles. The van der Waals surface area contributed by atoms with E-state index in [9.17, 15) is 0 Å². The molecule has 3 heterocycles. The molecule has 37 heavy (non-hydrogen) atoms. The van der Waals surface area contributed by atoms with E-state index in [-0.39, 0.29) is 11.5 Å². The minimum Gasteiger partial charge on any atom is -0.385 e. The number of hydrogen-bond donors (Lipinski definition) is 0. The Hall–Kier alpha value is -3.04. The molecule has 2 atom stereocenters. The predicted molar refractivity (Wildman–Crippen MR) is 151 cm³/mol. The Morgan fingerprint density at radius 3 is 2.76 bits per heavy atom. The van der Waals surface area contributed by atoms with Gasteiger partial charge >= 0.3 is 0 Å². The van der Waals surface area contributed by atoms with Crippen LogP contribution in [-0.2, 0) is 10.2 Å². The predicted octanol–water partition coefficient (Wildman–Crippen LogP) is 7.89. The van der Waals surface area contributed by atoms with E-state index < -0.39 is 0 Å². The van der Waals surface area contributed by atoms with Crippen LogP contribution in [0.3, 0.4) is 0 Å². The third-order valence-electron chi connectivity index (χ3n) is 9.66. The van der Waals surface area contributed by atoms with Crippen molar-refractivity contribution in [2.75, 3.05) is 13.7 Å². The van der Waals surface area contributed by atoms with E-state index in [0.29, 0.717) is 11.8 Å². The minimum atomic E-state index is -0.130. The van der Waals surface area contributed by atoms with Crippen molar-refractivity contribution >= 4 is 21.7 Å². The molecule has 0 radical (unpaired) electrons. The summed E-state index contributed by atoms with van der Waals surface area (Å²) in [6, 6.07) is 14.4. The highest BCUT2D eigenvalue weighted by Crippen LogP contribution is 2.56. The minimum absolute atomic E-state index is 0.130. The molecule has 0 bridgehead atoms. The highest BCUT2D eigenvalue weighted by atomic mass is 16.5. The number of fused-ring (bicyclic) bond motifs is 2. The van der Waals surface area contributed by atoms with Crippen molar-refractivity contribution < 1.29 is 9.30 Å². The molecule has 2 aliphatic carbocycles. The molecule has 7 rings (SSSR count). The molecule has 3 aliphatic rings. The smallest absolute Gasteiger partial charge is 0.221 e. The molecule has 2 aromatic heterocycles. The lowest BCUT2D eigenvalue weighted by molar-refractivity contribution is -0.706. The first-order chi connectivity index (χ1) is 18.0. The van der Waals surface area contributed by atoms with E-state index in [4.69, 9.17) is 9.72 Å². The fraction of sp³-hybridized carbons (Fsp3) is 0.412. The van der Waals surface area contributed by atoms with Gasteiger partial charge in [0.2, 0.25) is 5.69 Å². The van der Waals surface area contributed by atoms with Gasteiger partial charge in [0.25, 0.3) is 0 Å². The van der Waals surface area contributed by atoms with Crippen molar-refractivity contribution in [3.05, 3.63) is 83.7 Å². The molecular weight excluding hydrogens is 452 g/mol. The van der Waals surface area contributed by atoms with Gasteiger partial charge in [0.15, 0.2) is 12.2 Å². The van der Waals surface area contributed by atoms with E-state index in [2.05, 4.69) is 73.7 Å². The number of hydrogen-bond acceptors (Lipinski definition) is 2. The Bertz CT molecular complexity index is 1560. The number of rotatable bonds is 5. The van der Waals surface area contributed by atoms with Crippen LogP contribution < -0.4 is 4.57 Å². The highest BCUT2D eigenvalue weighted by Gasteiger charge is 2.47. The number of nitrogens with zero attached hydrogens (tertiary/aromatic N) is 2. The van der Waals surface area contributed by atoms with E-state index in [1.807, 2.05) is 6.20 Å². The zero-order chi connectivity index (χ0) is 25.3. The number of aromatic nitrogens is 2. The first kappa shape index (κ1) is 23.1. The first-order valence-electron chi connectivity index (χ1n) is 14.1. The lowest BCUT2D eigenvalue weighted by atomic mass is 9.64. The van der Waals surface area contributed by atoms with E-state index >= 15 is 0 Å². The normalized spacial score (nSPS) is 21.9. The zero-order valence-corrected chi connectivity index (χ0v) is 22.4. The molecule has 0 saturated heterocycles. The van der Waals surface area contributed by atoms with E-state index in [1.54, 1.807) is 7.11 Å². The second kappa shape index (κ2) is 8.49. The molecule has 3 heteroatoms. The molecule has 2 unspecified atom stereocenters. The maximum Gasteiger partial charge on any atom is 0.221 e. The van der Waals surface area contributed by atoms with Crippen LogP contribution in [0.1, 0.15) is 92.5 Å². The first-order valence-corrected chi connectivity index (χ1v) is 14.1. The van der Waals surface area contributed by atoms with Crippen LogP contribution in [0.2, 0.25) is 0 Å². The topological polar surface area (TPSA) is 26.0 Å². The molecule has 1 fully saturated rings. The van der Waals surface area contributed by atoms with Crippen LogP contribution in [0, 0.1) is 0 Å². The fourth-order valence-corrected chi connectivity index (χ4v) is 7.92. The van der Waals surface area contributed by atoms with Gasteiger partial charge in [-0.2, -0.15) is 4.57 Å². The zero-order valence-electron chi connectivity index (χ0n) is 22.4. The summed E-state index contributed by atoms with van der Waals surface area (Å²) in [5, 5.41) is 4.10. The molecule has 0 spiro atoms. The van der Waals surface area contributed by atoms with Crippen molar-refractivity contribution in [1.82, 2.24) is 4.98 Å². The van der Waals surface area contributed by atoms with Crippen LogP contribution in [0.25, 0.3) is 32.9 Å². The lowest BCUT2D eigenvalue weighted by Gasteiger charge is -2.40. The molecule has 3 nitrogen and oxygen atoms in total. The Morgan fingerprint density at radius 1 is 1.14 bits per heavy atom. The van der Waals surface area contributed by atoms with Crippen molar-refractivity contribution in [3.8, 4) is 11.3 Å². The van der Waals surface area contributed by atoms with Crippen molar-refractivity contribution in [2.24, 2.45) is 0 Å². The monoisotopic (exact) mass is 489 g/mol. The second-order valence-corrected chi connectivity index (χ2v) is 12.0. The number of methoxy groups -OCH3 is 1.